The molecule has 0 spiro atoms. The molecule has 3 rings (SSSR count). The van der Waals surface area contributed by atoms with Crippen molar-refractivity contribution in [3.8, 4) is 0 Å². The Balaban J connectivity index is 1.72. The number of H-pyrrole nitrogens is 1. The van der Waals surface area contributed by atoms with Crippen molar-refractivity contribution in [3.05, 3.63) is 27.2 Å². The van der Waals surface area contributed by atoms with Gasteiger partial charge >= 0.3 is 5.97 Å². The lowest BCUT2D eigenvalue weighted by atomic mass is 10.0. The van der Waals surface area contributed by atoms with Gasteiger partial charge in [-0.15, -0.1) is 0 Å². The number of thiazole rings is 1. The number of ether oxygens (including phenoxy) is 2. The molecule has 168 valence electrons. The third-order valence-corrected chi connectivity index (χ3v) is 6.47. The summed E-state index contributed by atoms with van der Waals surface area (Å²) >= 11 is 7.13. The number of carbonyl (C=O) groups is 3. The highest BCUT2D eigenvalue weighted by Crippen LogP contribution is 2.30. The molecule has 0 radical (unpaired) electrons. The van der Waals surface area contributed by atoms with Gasteiger partial charge < -0.3 is 24.7 Å². The van der Waals surface area contributed by atoms with E-state index in [1.54, 1.807) is 7.11 Å². The lowest BCUT2D eigenvalue weighted by Crippen LogP contribution is -2.55. The summed E-state index contributed by atoms with van der Waals surface area (Å²) in [5, 5.41) is 3.77. The Kier molecular flexibility index (Phi) is 7.29. The monoisotopic (exact) mass is 469 g/mol. The Morgan fingerprint density at radius 1 is 1.32 bits per heavy atom. The molecule has 0 saturated carbocycles. The first-order valence-corrected chi connectivity index (χ1v) is 10.9. The van der Waals surface area contributed by atoms with Gasteiger partial charge in [0.1, 0.15) is 10.6 Å². The molecule has 0 bridgehead atoms. The molecule has 31 heavy (non-hydrogen) atoms. The topological polar surface area (TPSA) is 127 Å². The third-order valence-electron chi connectivity index (χ3n) is 5.07. The smallest absolute Gasteiger partial charge is 0.350 e. The number of nitrogens with one attached hydrogen (secondary N) is 2. The maximum absolute atomic E-state index is 12.6. The van der Waals surface area contributed by atoms with Gasteiger partial charge in [-0.25, -0.2) is 14.8 Å². The van der Waals surface area contributed by atoms with Crippen molar-refractivity contribution < 1.29 is 23.9 Å². The SMILES string of the molecule is CCc1[nH]c(C(=O)N[C@H]2CCN(c3nc(C(C)=O)c(C(=O)OC)s3)C[C@H]2OC)nc1Cl. The van der Waals surface area contributed by atoms with Crippen LogP contribution in [0.1, 0.15) is 56.7 Å². The average Bonchev–Trinajstić information content (AvgIpc) is 3.37. The zero-order chi connectivity index (χ0) is 22.7. The predicted molar refractivity (Wildman–Crippen MR) is 115 cm³/mol. The molecule has 3 heterocycles. The van der Waals surface area contributed by atoms with E-state index in [2.05, 4.69) is 20.3 Å². The summed E-state index contributed by atoms with van der Waals surface area (Å²) < 4.78 is 10.4. The molecule has 1 aliphatic heterocycles. The van der Waals surface area contributed by atoms with Crippen LogP contribution in [0.25, 0.3) is 0 Å². The van der Waals surface area contributed by atoms with Crippen LogP contribution in [0.2, 0.25) is 5.15 Å². The Morgan fingerprint density at radius 3 is 2.65 bits per heavy atom. The molecule has 0 aliphatic carbocycles. The van der Waals surface area contributed by atoms with E-state index < -0.39 is 5.97 Å². The lowest BCUT2D eigenvalue weighted by molar-refractivity contribution is 0.0538. The Morgan fingerprint density at radius 2 is 2.06 bits per heavy atom. The van der Waals surface area contributed by atoms with Gasteiger partial charge in [0.25, 0.3) is 5.91 Å². The molecule has 2 aromatic heterocycles. The third kappa shape index (κ3) is 4.89. The molecular formula is C19H24ClN5O5S. The summed E-state index contributed by atoms with van der Waals surface area (Å²) in [7, 11) is 2.82. The number of hydrogen-bond acceptors (Lipinski definition) is 9. The van der Waals surface area contributed by atoms with Crippen LogP contribution in [0.4, 0.5) is 5.13 Å². The number of piperidine rings is 1. The van der Waals surface area contributed by atoms with Crippen LogP contribution in [0.5, 0.6) is 0 Å². The minimum atomic E-state index is -0.594. The van der Waals surface area contributed by atoms with Crippen LogP contribution < -0.4 is 10.2 Å². The molecule has 1 fully saturated rings. The summed E-state index contributed by atoms with van der Waals surface area (Å²) in [6.07, 6.45) is 0.879. The number of Topliss-reactive ketones (excluding diaryl/α,β-unsaturated/α-hetero) is 1. The maximum atomic E-state index is 12.6. The van der Waals surface area contributed by atoms with Crippen molar-refractivity contribution in [3.63, 3.8) is 0 Å². The normalized spacial score (nSPS) is 18.7. The van der Waals surface area contributed by atoms with E-state index in [0.29, 0.717) is 36.8 Å². The molecule has 10 nitrogen and oxygen atoms in total. The van der Waals surface area contributed by atoms with E-state index in [0.717, 1.165) is 11.3 Å². The van der Waals surface area contributed by atoms with Gasteiger partial charge in [0, 0.05) is 27.1 Å². The maximum Gasteiger partial charge on any atom is 0.350 e. The van der Waals surface area contributed by atoms with Gasteiger partial charge in [-0.2, -0.15) is 0 Å². The second-order valence-corrected chi connectivity index (χ2v) is 8.35. The van der Waals surface area contributed by atoms with Crippen molar-refractivity contribution in [2.24, 2.45) is 0 Å². The minimum absolute atomic E-state index is 0.0951. The fourth-order valence-corrected chi connectivity index (χ4v) is 4.71. The fraction of sp³-hybridized carbons (Fsp3) is 0.526. The average molecular weight is 470 g/mol. The summed E-state index contributed by atoms with van der Waals surface area (Å²) in [4.78, 5) is 50.0. The Bertz CT molecular complexity index is 990. The number of halogens is 1. The molecule has 2 aromatic rings. The zero-order valence-corrected chi connectivity index (χ0v) is 19.2. The van der Waals surface area contributed by atoms with Gasteiger partial charge in [-0.3, -0.25) is 9.59 Å². The second kappa shape index (κ2) is 9.75. The quantitative estimate of drug-likeness (QED) is 0.466. The number of nitrogens with zero attached hydrogens (tertiary/aromatic N) is 3. The number of carbonyl (C=O) groups excluding carboxylic acids is 3. The number of anilines is 1. The first-order valence-electron chi connectivity index (χ1n) is 9.72. The highest BCUT2D eigenvalue weighted by molar-refractivity contribution is 7.17. The van der Waals surface area contributed by atoms with Gasteiger partial charge in [0.15, 0.2) is 21.9 Å². The molecule has 1 saturated heterocycles. The number of aryl methyl sites for hydroxylation is 1. The van der Waals surface area contributed by atoms with Gasteiger partial charge in [-0.05, 0) is 12.8 Å². The number of aromatic nitrogens is 3. The van der Waals surface area contributed by atoms with Crippen LogP contribution in [-0.4, -0.2) is 72.1 Å². The van der Waals surface area contributed by atoms with E-state index in [4.69, 9.17) is 21.1 Å². The number of ketones is 1. The highest BCUT2D eigenvalue weighted by Gasteiger charge is 2.34. The summed E-state index contributed by atoms with van der Waals surface area (Å²) in [5.74, 6) is -1.10. The fourth-order valence-electron chi connectivity index (χ4n) is 3.37. The van der Waals surface area contributed by atoms with Crippen molar-refractivity contribution in [2.45, 2.75) is 38.8 Å². The Labute approximate surface area is 188 Å². The van der Waals surface area contributed by atoms with E-state index in [1.807, 2.05) is 11.8 Å². The Hall–Kier alpha value is -2.50. The van der Waals surface area contributed by atoms with Gasteiger partial charge in [0.2, 0.25) is 0 Å². The van der Waals surface area contributed by atoms with Crippen LogP contribution >= 0.6 is 22.9 Å². The molecule has 2 N–H and O–H groups in total. The number of aromatic amines is 1. The lowest BCUT2D eigenvalue weighted by Gasteiger charge is -2.37. The van der Waals surface area contributed by atoms with E-state index in [9.17, 15) is 14.4 Å². The summed E-state index contributed by atoms with van der Waals surface area (Å²) in [6, 6.07) is -0.255. The molecule has 12 heteroatoms. The van der Waals surface area contributed by atoms with E-state index in [-0.39, 0.29) is 45.4 Å². The molecule has 1 amide bonds. The minimum Gasteiger partial charge on any atom is -0.465 e. The van der Waals surface area contributed by atoms with E-state index in [1.165, 1.54) is 14.0 Å². The van der Waals surface area contributed by atoms with Gasteiger partial charge in [0.05, 0.1) is 24.9 Å². The van der Waals surface area contributed by atoms with Crippen molar-refractivity contribution in [1.29, 1.82) is 0 Å². The number of esters is 1. The predicted octanol–water partition coefficient (Wildman–Crippen LogP) is 2.09. The molecule has 0 aromatic carbocycles. The number of amides is 1. The number of methoxy groups -OCH3 is 2. The highest BCUT2D eigenvalue weighted by atomic mass is 35.5. The summed E-state index contributed by atoms with van der Waals surface area (Å²) in [6.45, 7) is 4.25. The van der Waals surface area contributed by atoms with Crippen molar-refractivity contribution in [2.75, 3.05) is 32.2 Å². The van der Waals surface area contributed by atoms with E-state index >= 15 is 0 Å². The zero-order valence-electron chi connectivity index (χ0n) is 17.7. The number of hydrogen-bond donors (Lipinski definition) is 2. The molecule has 0 unspecified atom stereocenters. The standard InChI is InChI=1S/C19H24ClN5O5S/c1-5-10-15(20)24-16(21-10)17(27)22-11-6-7-25(8-12(11)29-3)19-23-13(9(2)26)14(31-19)18(28)30-4/h11-12H,5-8H2,1-4H3,(H,21,24)(H,22,27)/t11-,12+/m0/s1. The second-order valence-electron chi connectivity index (χ2n) is 7.02. The van der Waals surface area contributed by atoms with Crippen LogP contribution in [-0.2, 0) is 15.9 Å². The van der Waals surface area contributed by atoms with Crippen LogP contribution in [0.3, 0.4) is 0 Å². The molecular weight excluding hydrogens is 446 g/mol. The van der Waals surface area contributed by atoms with Gasteiger partial charge in [-0.1, -0.05) is 29.9 Å². The largest absolute Gasteiger partial charge is 0.465 e. The van der Waals surface area contributed by atoms with Crippen LogP contribution in [0, 0.1) is 0 Å². The van der Waals surface area contributed by atoms with Crippen molar-refractivity contribution >= 4 is 45.7 Å². The first kappa shape index (κ1) is 23.2. The number of rotatable bonds is 7. The molecule has 2 atom stereocenters. The summed E-state index contributed by atoms with van der Waals surface area (Å²) in [5.41, 5.74) is 0.800. The number of imidazole rings is 1. The molecule has 1 aliphatic rings. The first-order chi connectivity index (χ1) is 14.8. The van der Waals surface area contributed by atoms with Crippen LogP contribution in [0.15, 0.2) is 0 Å². The van der Waals surface area contributed by atoms with Crippen molar-refractivity contribution in [1.82, 2.24) is 20.3 Å².